The molecule has 1 unspecified atom stereocenters. The van der Waals surface area contributed by atoms with Crippen LogP contribution in [0.1, 0.15) is 75.3 Å². The van der Waals surface area contributed by atoms with Crippen LogP contribution in [-0.4, -0.2) is 6.54 Å². The molecule has 1 N–H and O–H groups in total. The Morgan fingerprint density at radius 3 is 2.42 bits per heavy atom. The molecule has 0 aromatic carbocycles. The van der Waals surface area contributed by atoms with Crippen LogP contribution in [0.2, 0.25) is 5.02 Å². The van der Waals surface area contributed by atoms with E-state index in [4.69, 9.17) is 11.6 Å². The maximum Gasteiger partial charge on any atom is 0.0590 e. The van der Waals surface area contributed by atoms with Crippen molar-refractivity contribution in [2.75, 3.05) is 6.54 Å². The molecule has 0 aliphatic heterocycles. The summed E-state index contributed by atoms with van der Waals surface area (Å²) in [5, 5.41) is 6.73. The molecule has 1 rings (SSSR count). The average molecular weight is 302 g/mol. The van der Waals surface area contributed by atoms with Crippen LogP contribution >= 0.6 is 22.9 Å². The third-order valence-electron chi connectivity index (χ3n) is 3.54. The van der Waals surface area contributed by atoms with E-state index in [1.807, 2.05) is 0 Å². The molecule has 0 fully saturated rings. The summed E-state index contributed by atoms with van der Waals surface area (Å²) < 4.78 is 0. The van der Waals surface area contributed by atoms with E-state index in [9.17, 15) is 0 Å². The van der Waals surface area contributed by atoms with Crippen molar-refractivity contribution in [1.29, 1.82) is 0 Å². The van der Waals surface area contributed by atoms with Gasteiger partial charge in [0.15, 0.2) is 0 Å². The summed E-state index contributed by atoms with van der Waals surface area (Å²) in [7, 11) is 0. The molecule has 0 aliphatic carbocycles. The number of aryl methyl sites for hydroxylation is 1. The average Bonchev–Trinajstić information content (AvgIpc) is 2.73. The number of hydrogen-bond acceptors (Lipinski definition) is 2. The van der Waals surface area contributed by atoms with E-state index in [1.54, 1.807) is 11.3 Å². The molecule has 0 amide bonds. The van der Waals surface area contributed by atoms with E-state index >= 15 is 0 Å². The van der Waals surface area contributed by atoms with Crippen LogP contribution in [0, 0.1) is 6.92 Å². The molecular formula is C16H28ClNS. The molecular weight excluding hydrogens is 274 g/mol. The third-order valence-corrected chi connectivity index (χ3v) is 5.37. The summed E-state index contributed by atoms with van der Waals surface area (Å²) in [6.07, 6.45) is 9.33. The topological polar surface area (TPSA) is 12.0 Å². The Morgan fingerprint density at radius 2 is 1.84 bits per heavy atom. The molecule has 1 atom stereocenters. The summed E-state index contributed by atoms with van der Waals surface area (Å²) in [4.78, 5) is 1.33. The number of halogens is 1. The second-order valence-corrected chi connectivity index (χ2v) is 6.55. The van der Waals surface area contributed by atoms with E-state index in [-0.39, 0.29) is 0 Å². The Kier molecular flexibility index (Phi) is 8.76. The van der Waals surface area contributed by atoms with Crippen LogP contribution in [0.5, 0.6) is 0 Å². The predicted molar refractivity (Wildman–Crippen MR) is 88.5 cm³/mol. The van der Waals surface area contributed by atoms with E-state index in [0.29, 0.717) is 6.04 Å². The molecule has 1 nitrogen and oxygen atoms in total. The van der Waals surface area contributed by atoms with Crippen LogP contribution in [-0.2, 0) is 0 Å². The lowest BCUT2D eigenvalue weighted by molar-refractivity contribution is 0.482. The molecule has 0 aliphatic rings. The monoisotopic (exact) mass is 301 g/mol. The van der Waals surface area contributed by atoms with Crippen LogP contribution < -0.4 is 5.32 Å². The quantitative estimate of drug-likeness (QED) is 0.514. The molecule has 0 spiro atoms. The van der Waals surface area contributed by atoms with Crippen LogP contribution in [0.25, 0.3) is 0 Å². The predicted octanol–water partition coefficient (Wildman–Crippen LogP) is 6.11. The van der Waals surface area contributed by atoms with Gasteiger partial charge in [0.25, 0.3) is 0 Å². The number of nitrogens with one attached hydrogen (secondary N) is 1. The first kappa shape index (κ1) is 17.0. The molecule has 1 aromatic rings. The first-order valence-electron chi connectivity index (χ1n) is 7.67. The van der Waals surface area contributed by atoms with Gasteiger partial charge >= 0.3 is 0 Å². The normalized spacial score (nSPS) is 12.8. The maximum absolute atomic E-state index is 6.39. The minimum absolute atomic E-state index is 0.447. The van der Waals surface area contributed by atoms with Gasteiger partial charge in [0.05, 0.1) is 5.02 Å². The standard InChI is InChI=1S/C16H28ClNS/c1-4-6-7-8-9-10-11-14(18-5-2)16-15(17)13(3)12-19-16/h12,14,18H,4-11H2,1-3H3. The first-order chi connectivity index (χ1) is 9.20. The molecule has 3 heteroatoms. The zero-order chi connectivity index (χ0) is 14.1. The highest BCUT2D eigenvalue weighted by Crippen LogP contribution is 2.34. The molecule has 0 saturated carbocycles. The lowest BCUT2D eigenvalue weighted by Gasteiger charge is -2.17. The Morgan fingerprint density at radius 1 is 1.16 bits per heavy atom. The van der Waals surface area contributed by atoms with E-state index in [0.717, 1.165) is 11.6 Å². The van der Waals surface area contributed by atoms with Crippen LogP contribution in [0.15, 0.2) is 5.38 Å². The summed E-state index contributed by atoms with van der Waals surface area (Å²) in [6.45, 7) is 7.54. The van der Waals surface area contributed by atoms with Crippen LogP contribution in [0.4, 0.5) is 0 Å². The Bertz CT molecular complexity index is 349. The van der Waals surface area contributed by atoms with Crippen molar-refractivity contribution in [3.63, 3.8) is 0 Å². The molecule has 0 bridgehead atoms. The van der Waals surface area contributed by atoms with Crippen molar-refractivity contribution in [3.8, 4) is 0 Å². The highest BCUT2D eigenvalue weighted by atomic mass is 35.5. The number of unbranched alkanes of at least 4 members (excludes halogenated alkanes) is 5. The van der Waals surface area contributed by atoms with E-state index in [1.165, 1.54) is 55.4 Å². The zero-order valence-corrected chi connectivity index (χ0v) is 14.2. The fourth-order valence-corrected chi connectivity index (χ4v) is 3.82. The van der Waals surface area contributed by atoms with Crippen molar-refractivity contribution in [2.45, 2.75) is 71.8 Å². The Hall–Kier alpha value is -0.0500. The smallest absolute Gasteiger partial charge is 0.0590 e. The van der Waals surface area contributed by atoms with Gasteiger partial charge in [-0.15, -0.1) is 11.3 Å². The lowest BCUT2D eigenvalue weighted by Crippen LogP contribution is -2.20. The fourth-order valence-electron chi connectivity index (χ4n) is 2.39. The van der Waals surface area contributed by atoms with Gasteiger partial charge in [-0.2, -0.15) is 0 Å². The largest absolute Gasteiger partial charge is 0.309 e. The molecule has 1 aromatic heterocycles. The van der Waals surface area contributed by atoms with Gasteiger partial charge < -0.3 is 5.32 Å². The number of rotatable bonds is 10. The minimum Gasteiger partial charge on any atom is -0.309 e. The van der Waals surface area contributed by atoms with Gasteiger partial charge in [-0.1, -0.05) is 64.0 Å². The number of hydrogen-bond donors (Lipinski definition) is 1. The second kappa shape index (κ2) is 9.79. The van der Waals surface area contributed by atoms with Gasteiger partial charge in [0.2, 0.25) is 0 Å². The molecule has 1 heterocycles. The van der Waals surface area contributed by atoms with Crippen LogP contribution in [0.3, 0.4) is 0 Å². The van der Waals surface area contributed by atoms with Gasteiger partial charge in [0.1, 0.15) is 0 Å². The number of thiophene rings is 1. The minimum atomic E-state index is 0.447. The summed E-state index contributed by atoms with van der Waals surface area (Å²) in [6, 6.07) is 0.447. The van der Waals surface area contributed by atoms with Gasteiger partial charge in [-0.05, 0) is 30.8 Å². The Balaban J connectivity index is 2.39. The van der Waals surface area contributed by atoms with Crippen molar-refractivity contribution in [3.05, 3.63) is 20.8 Å². The van der Waals surface area contributed by atoms with Crippen molar-refractivity contribution >= 4 is 22.9 Å². The summed E-state index contributed by atoms with van der Waals surface area (Å²) >= 11 is 8.19. The van der Waals surface area contributed by atoms with Gasteiger partial charge in [-0.25, -0.2) is 0 Å². The van der Waals surface area contributed by atoms with E-state index in [2.05, 4.69) is 31.5 Å². The Labute approximate surface area is 127 Å². The third kappa shape index (κ3) is 5.85. The van der Waals surface area contributed by atoms with Crippen molar-refractivity contribution in [2.24, 2.45) is 0 Å². The SMILES string of the molecule is CCCCCCCCC(NCC)c1scc(C)c1Cl. The molecule has 19 heavy (non-hydrogen) atoms. The van der Waals surface area contributed by atoms with Gasteiger partial charge in [0, 0.05) is 10.9 Å². The maximum atomic E-state index is 6.39. The van der Waals surface area contributed by atoms with Crippen molar-refractivity contribution < 1.29 is 0 Å². The summed E-state index contributed by atoms with van der Waals surface area (Å²) in [5.41, 5.74) is 1.22. The van der Waals surface area contributed by atoms with E-state index < -0.39 is 0 Å². The highest BCUT2D eigenvalue weighted by Gasteiger charge is 2.16. The highest BCUT2D eigenvalue weighted by molar-refractivity contribution is 7.10. The summed E-state index contributed by atoms with van der Waals surface area (Å²) in [5.74, 6) is 0. The molecule has 0 saturated heterocycles. The second-order valence-electron chi connectivity index (χ2n) is 5.26. The lowest BCUT2D eigenvalue weighted by atomic mass is 10.0. The van der Waals surface area contributed by atoms with Gasteiger partial charge in [-0.3, -0.25) is 0 Å². The first-order valence-corrected chi connectivity index (χ1v) is 8.93. The zero-order valence-electron chi connectivity index (χ0n) is 12.6. The fraction of sp³-hybridized carbons (Fsp3) is 0.750. The molecule has 0 radical (unpaired) electrons. The molecule has 110 valence electrons. The van der Waals surface area contributed by atoms with Crippen molar-refractivity contribution in [1.82, 2.24) is 5.32 Å².